The number of thioether (sulfide) groups is 4. The molecule has 0 bridgehead atoms. The first kappa shape index (κ1) is 23.2. The lowest BCUT2D eigenvalue weighted by Gasteiger charge is -2.31. The number of benzene rings is 2. The molecule has 3 rings (SSSR count). The van der Waals surface area contributed by atoms with E-state index in [1.54, 1.807) is 23.5 Å². The first-order valence-electron chi connectivity index (χ1n) is 9.17. The lowest BCUT2D eigenvalue weighted by Crippen LogP contribution is -2.24. The van der Waals surface area contributed by atoms with Crippen molar-refractivity contribution in [3.05, 3.63) is 81.6 Å². The fourth-order valence-electron chi connectivity index (χ4n) is 2.65. The van der Waals surface area contributed by atoms with Gasteiger partial charge >= 0.3 is 11.9 Å². The summed E-state index contributed by atoms with van der Waals surface area (Å²) < 4.78 is 10.0. The summed E-state index contributed by atoms with van der Waals surface area (Å²) in [6, 6.07) is 20.5. The Bertz CT molecular complexity index is 813. The summed E-state index contributed by atoms with van der Waals surface area (Å²) in [7, 11) is 2.66. The standard InChI is InChI=1S/C22H22O4S4/c1-25-19(23)17-18(20(24)26-2)30-22(28-14-16-11-7-4-8-12-16)21(29-17)27-13-15-9-5-3-6-10-15/h3-12,21-22H,13-14H2,1-2H3/t21-,22+. The molecule has 0 aromatic heterocycles. The van der Waals surface area contributed by atoms with E-state index in [4.69, 9.17) is 9.47 Å². The fourth-order valence-corrected chi connectivity index (χ4v) is 8.92. The molecule has 0 fully saturated rings. The molecule has 30 heavy (non-hydrogen) atoms. The molecule has 0 aliphatic carbocycles. The molecule has 2 aromatic carbocycles. The summed E-state index contributed by atoms with van der Waals surface area (Å²) in [5, 5.41) is 0. The molecule has 2 atom stereocenters. The van der Waals surface area contributed by atoms with Gasteiger partial charge in [-0.15, -0.1) is 47.0 Å². The van der Waals surface area contributed by atoms with Crippen molar-refractivity contribution in [3.63, 3.8) is 0 Å². The number of carbonyl (C=O) groups excluding carboxylic acids is 2. The van der Waals surface area contributed by atoms with Crippen molar-refractivity contribution in [2.24, 2.45) is 0 Å². The average molecular weight is 479 g/mol. The van der Waals surface area contributed by atoms with E-state index in [-0.39, 0.29) is 9.16 Å². The van der Waals surface area contributed by atoms with Gasteiger partial charge in [-0.05, 0) is 11.1 Å². The van der Waals surface area contributed by atoms with Gasteiger partial charge in [0.25, 0.3) is 0 Å². The number of carbonyl (C=O) groups is 2. The molecule has 0 N–H and O–H groups in total. The number of ether oxygens (including phenoxy) is 2. The van der Waals surface area contributed by atoms with Gasteiger partial charge in [0.1, 0.15) is 9.81 Å². The van der Waals surface area contributed by atoms with Gasteiger partial charge in [-0.3, -0.25) is 0 Å². The van der Waals surface area contributed by atoms with E-state index >= 15 is 0 Å². The van der Waals surface area contributed by atoms with Crippen LogP contribution in [0.1, 0.15) is 11.1 Å². The van der Waals surface area contributed by atoms with Crippen LogP contribution >= 0.6 is 47.0 Å². The summed E-state index contributed by atoms with van der Waals surface area (Å²) in [5.74, 6) is 0.655. The molecule has 1 aliphatic rings. The SMILES string of the molecule is COC(=O)C1=C(C(=O)OC)S[C@H](SCc2ccccc2)[C@H](SCc2ccccc2)S1. The van der Waals surface area contributed by atoms with Crippen molar-refractivity contribution in [2.45, 2.75) is 20.7 Å². The number of hydrogen-bond acceptors (Lipinski definition) is 8. The molecule has 4 nitrogen and oxygen atoms in total. The summed E-state index contributed by atoms with van der Waals surface area (Å²) in [4.78, 5) is 25.4. The third kappa shape index (κ3) is 6.26. The van der Waals surface area contributed by atoms with Gasteiger partial charge in [0.2, 0.25) is 0 Å². The second-order valence-corrected chi connectivity index (χ2v) is 11.4. The Hall–Kier alpha value is -1.48. The Morgan fingerprint density at radius 3 is 1.43 bits per heavy atom. The minimum Gasteiger partial charge on any atom is -0.465 e. The van der Waals surface area contributed by atoms with Crippen molar-refractivity contribution < 1.29 is 19.1 Å². The fraction of sp³-hybridized carbons (Fsp3) is 0.273. The van der Waals surface area contributed by atoms with E-state index in [1.807, 2.05) is 36.4 Å². The largest absolute Gasteiger partial charge is 0.465 e. The van der Waals surface area contributed by atoms with Crippen LogP contribution in [0.4, 0.5) is 0 Å². The normalized spacial score (nSPS) is 18.7. The van der Waals surface area contributed by atoms with Crippen LogP contribution in [0.2, 0.25) is 0 Å². The molecule has 158 valence electrons. The monoisotopic (exact) mass is 478 g/mol. The molecule has 0 saturated carbocycles. The van der Waals surface area contributed by atoms with Crippen LogP contribution < -0.4 is 0 Å². The van der Waals surface area contributed by atoms with E-state index in [1.165, 1.54) is 48.9 Å². The number of methoxy groups -OCH3 is 2. The zero-order valence-electron chi connectivity index (χ0n) is 16.6. The van der Waals surface area contributed by atoms with Crippen LogP contribution in [0.15, 0.2) is 70.5 Å². The highest BCUT2D eigenvalue weighted by Crippen LogP contribution is 2.52. The molecule has 2 aromatic rings. The number of hydrogen-bond donors (Lipinski definition) is 0. The van der Waals surface area contributed by atoms with Gasteiger partial charge in [0.05, 0.1) is 23.4 Å². The van der Waals surface area contributed by atoms with Crippen molar-refractivity contribution in [1.29, 1.82) is 0 Å². The number of esters is 2. The van der Waals surface area contributed by atoms with Crippen molar-refractivity contribution in [1.82, 2.24) is 0 Å². The zero-order chi connectivity index (χ0) is 21.3. The summed E-state index contributed by atoms with van der Waals surface area (Å²) >= 11 is 6.36. The highest BCUT2D eigenvalue weighted by atomic mass is 32.2. The lowest BCUT2D eigenvalue weighted by molar-refractivity contribution is -0.138. The van der Waals surface area contributed by atoms with E-state index in [0.29, 0.717) is 9.81 Å². The van der Waals surface area contributed by atoms with Crippen molar-refractivity contribution in [3.8, 4) is 0 Å². The van der Waals surface area contributed by atoms with Gasteiger partial charge in [0, 0.05) is 11.5 Å². The minimum absolute atomic E-state index is 0.0754. The predicted octanol–water partition coefficient (Wildman–Crippen LogP) is 5.54. The second-order valence-electron chi connectivity index (χ2n) is 6.21. The molecule has 8 heteroatoms. The van der Waals surface area contributed by atoms with E-state index in [0.717, 1.165) is 11.5 Å². The Labute approximate surface area is 193 Å². The molecule has 1 aliphatic heterocycles. The highest BCUT2D eigenvalue weighted by molar-refractivity contribution is 8.27. The van der Waals surface area contributed by atoms with Gasteiger partial charge in [-0.25, -0.2) is 9.59 Å². The Kier molecular flexibility index (Phi) is 9.11. The maximum absolute atomic E-state index is 12.4. The van der Waals surface area contributed by atoms with Crippen LogP contribution in [0.3, 0.4) is 0 Å². The number of rotatable bonds is 8. The zero-order valence-corrected chi connectivity index (χ0v) is 19.9. The molecule has 0 amide bonds. The average Bonchev–Trinajstić information content (AvgIpc) is 2.81. The van der Waals surface area contributed by atoms with Gasteiger partial charge in [-0.2, -0.15) is 0 Å². The van der Waals surface area contributed by atoms with Crippen LogP contribution in [-0.4, -0.2) is 35.3 Å². The molecule has 1 heterocycles. The summed E-state index contributed by atoms with van der Waals surface area (Å²) in [5.41, 5.74) is 2.45. The van der Waals surface area contributed by atoms with Crippen LogP contribution in [0, 0.1) is 0 Å². The van der Waals surface area contributed by atoms with Gasteiger partial charge in [0.15, 0.2) is 0 Å². The molecule has 0 radical (unpaired) electrons. The molecule has 0 unspecified atom stereocenters. The Balaban J connectivity index is 1.81. The molecule has 0 spiro atoms. The highest BCUT2D eigenvalue weighted by Gasteiger charge is 2.38. The first-order valence-corrected chi connectivity index (χ1v) is 13.0. The summed E-state index contributed by atoms with van der Waals surface area (Å²) in [6.45, 7) is 0. The van der Waals surface area contributed by atoms with Crippen LogP contribution in [0.25, 0.3) is 0 Å². The third-order valence-electron chi connectivity index (χ3n) is 4.15. The minimum atomic E-state index is -0.496. The molecular weight excluding hydrogens is 457 g/mol. The maximum Gasteiger partial charge on any atom is 0.345 e. The van der Waals surface area contributed by atoms with E-state index in [9.17, 15) is 9.59 Å². The van der Waals surface area contributed by atoms with E-state index < -0.39 is 11.9 Å². The third-order valence-corrected chi connectivity index (χ3v) is 10.8. The van der Waals surface area contributed by atoms with Crippen LogP contribution in [0.5, 0.6) is 0 Å². The van der Waals surface area contributed by atoms with Gasteiger partial charge in [-0.1, -0.05) is 60.7 Å². The Morgan fingerprint density at radius 2 is 1.10 bits per heavy atom. The summed E-state index contributed by atoms with van der Waals surface area (Å²) in [6.07, 6.45) is 0. The van der Waals surface area contributed by atoms with Crippen molar-refractivity contribution in [2.75, 3.05) is 14.2 Å². The quantitative estimate of drug-likeness (QED) is 0.458. The molecular formula is C22H22O4S4. The van der Waals surface area contributed by atoms with Crippen molar-refractivity contribution >= 4 is 59.0 Å². The Morgan fingerprint density at radius 1 is 0.733 bits per heavy atom. The first-order chi connectivity index (χ1) is 14.6. The lowest BCUT2D eigenvalue weighted by atomic mass is 10.2. The van der Waals surface area contributed by atoms with Crippen LogP contribution in [-0.2, 0) is 30.6 Å². The molecule has 0 saturated heterocycles. The second kappa shape index (κ2) is 11.8. The predicted molar refractivity (Wildman–Crippen MR) is 129 cm³/mol. The topological polar surface area (TPSA) is 52.6 Å². The smallest absolute Gasteiger partial charge is 0.345 e. The maximum atomic E-state index is 12.4. The van der Waals surface area contributed by atoms with E-state index in [2.05, 4.69) is 24.3 Å². The van der Waals surface area contributed by atoms with Gasteiger partial charge < -0.3 is 9.47 Å².